The van der Waals surface area contributed by atoms with Gasteiger partial charge in [0.1, 0.15) is 11.4 Å². The molecule has 2 N–H and O–H groups in total. The Labute approximate surface area is 282 Å². The molecular formula is C35H48N8O5. The van der Waals surface area contributed by atoms with E-state index in [2.05, 4.69) is 20.6 Å². The summed E-state index contributed by atoms with van der Waals surface area (Å²) in [6.45, 7) is 15.6. The molecule has 2 aliphatic rings. The van der Waals surface area contributed by atoms with E-state index >= 15 is 0 Å². The minimum atomic E-state index is -0.637. The Morgan fingerprint density at radius 1 is 1.02 bits per heavy atom. The molecule has 1 aliphatic heterocycles. The van der Waals surface area contributed by atoms with Gasteiger partial charge in [0, 0.05) is 75.5 Å². The number of benzene rings is 1. The Hall–Kier alpha value is -4.52. The zero-order valence-electron chi connectivity index (χ0n) is 29.3. The summed E-state index contributed by atoms with van der Waals surface area (Å²) in [5.41, 5.74) is 2.55. The Morgan fingerprint density at radius 3 is 2.31 bits per heavy atom. The standard InChI is InChI=1S/C35H48N8O5/c1-9-36-32(44)27-15-26(33(45)39-30-22(3)18-41(8)40-30)21(2)14-28(27)47-29(31-37-16-25(17-38-31)24-10-11-24)20-42-12-13-43(23(4)19-42)34(46)48-35(5,6)7/h14-18,23-24,29H,9-13,19-20H2,1-8H3,(H,36,44)(H,39,40,45)/t23-,29?/m1/s1. The smallest absolute Gasteiger partial charge is 0.410 e. The fraction of sp³-hybridized carbons (Fsp3) is 0.543. The molecule has 1 saturated carbocycles. The first kappa shape index (κ1) is 34.8. The van der Waals surface area contributed by atoms with Gasteiger partial charge in [0.25, 0.3) is 11.8 Å². The number of aryl methyl sites for hydroxylation is 3. The maximum Gasteiger partial charge on any atom is 0.410 e. The third-order valence-corrected chi connectivity index (χ3v) is 8.46. The van der Waals surface area contributed by atoms with Crippen molar-refractivity contribution in [2.75, 3.05) is 38.0 Å². The summed E-state index contributed by atoms with van der Waals surface area (Å²) in [6, 6.07) is 3.19. The summed E-state index contributed by atoms with van der Waals surface area (Å²) >= 11 is 0. The summed E-state index contributed by atoms with van der Waals surface area (Å²) in [5.74, 6) is 1.03. The Morgan fingerprint density at radius 2 is 1.73 bits per heavy atom. The molecule has 3 heterocycles. The van der Waals surface area contributed by atoms with Crippen LogP contribution in [0.25, 0.3) is 0 Å². The third kappa shape index (κ3) is 8.49. The van der Waals surface area contributed by atoms with Crippen molar-refractivity contribution in [3.8, 4) is 5.75 Å². The van der Waals surface area contributed by atoms with Gasteiger partial charge in [0.15, 0.2) is 17.7 Å². The van der Waals surface area contributed by atoms with Crippen LogP contribution in [0.2, 0.25) is 0 Å². The molecule has 13 heteroatoms. The minimum absolute atomic E-state index is 0.0962. The fourth-order valence-electron chi connectivity index (χ4n) is 5.85. The number of carbonyl (C=O) groups excluding carboxylic acids is 3. The molecule has 0 radical (unpaired) electrons. The van der Waals surface area contributed by atoms with Gasteiger partial charge in [-0.15, -0.1) is 0 Å². The van der Waals surface area contributed by atoms with Crippen LogP contribution in [-0.2, 0) is 11.8 Å². The molecule has 1 unspecified atom stereocenters. The molecule has 13 nitrogen and oxygen atoms in total. The predicted octanol–water partition coefficient (Wildman–Crippen LogP) is 4.77. The molecule has 1 saturated heterocycles. The maximum absolute atomic E-state index is 13.4. The number of aromatic nitrogens is 4. The van der Waals surface area contributed by atoms with E-state index in [4.69, 9.17) is 19.4 Å². The highest BCUT2D eigenvalue weighted by atomic mass is 16.6. The lowest BCUT2D eigenvalue weighted by Crippen LogP contribution is -2.55. The summed E-state index contributed by atoms with van der Waals surface area (Å²) < 4.78 is 13.9. The first-order valence-corrected chi connectivity index (χ1v) is 16.7. The van der Waals surface area contributed by atoms with Crippen molar-refractivity contribution in [1.82, 2.24) is 34.9 Å². The zero-order valence-corrected chi connectivity index (χ0v) is 29.3. The molecule has 0 bridgehead atoms. The molecule has 0 spiro atoms. The molecule has 2 atom stereocenters. The minimum Gasteiger partial charge on any atom is -0.480 e. The van der Waals surface area contributed by atoms with Crippen molar-refractivity contribution >= 4 is 23.7 Å². The lowest BCUT2D eigenvalue weighted by molar-refractivity contribution is -0.00337. The molecule has 3 aromatic rings. The maximum atomic E-state index is 13.4. The number of rotatable bonds is 10. The highest BCUT2D eigenvalue weighted by Crippen LogP contribution is 2.39. The molecule has 2 aromatic heterocycles. The monoisotopic (exact) mass is 660 g/mol. The van der Waals surface area contributed by atoms with Crippen molar-refractivity contribution < 1.29 is 23.9 Å². The van der Waals surface area contributed by atoms with Crippen molar-refractivity contribution in [1.29, 1.82) is 0 Å². The number of amides is 3. The highest BCUT2D eigenvalue weighted by Gasteiger charge is 2.34. The molecule has 5 rings (SSSR count). The summed E-state index contributed by atoms with van der Waals surface area (Å²) in [7, 11) is 1.79. The molecule has 2 fully saturated rings. The molecule has 258 valence electrons. The van der Waals surface area contributed by atoms with E-state index in [0.29, 0.717) is 67.2 Å². The first-order valence-electron chi connectivity index (χ1n) is 16.7. The number of hydrogen-bond acceptors (Lipinski definition) is 9. The summed E-state index contributed by atoms with van der Waals surface area (Å²) in [4.78, 5) is 53.1. The summed E-state index contributed by atoms with van der Waals surface area (Å²) in [5, 5.41) is 10.0. The number of nitrogens with one attached hydrogen (secondary N) is 2. The average molecular weight is 661 g/mol. The van der Waals surface area contributed by atoms with Crippen molar-refractivity contribution in [2.24, 2.45) is 7.05 Å². The molecular weight excluding hydrogens is 612 g/mol. The van der Waals surface area contributed by atoms with Gasteiger partial charge in [-0.2, -0.15) is 5.10 Å². The van der Waals surface area contributed by atoms with Gasteiger partial charge >= 0.3 is 6.09 Å². The van der Waals surface area contributed by atoms with Crippen LogP contribution in [0.5, 0.6) is 5.75 Å². The second kappa shape index (κ2) is 14.3. The number of nitrogens with zero attached hydrogens (tertiary/aromatic N) is 6. The lowest BCUT2D eigenvalue weighted by atomic mass is 10.0. The van der Waals surface area contributed by atoms with Gasteiger partial charge in [-0.25, -0.2) is 14.8 Å². The van der Waals surface area contributed by atoms with Crippen LogP contribution in [0, 0.1) is 13.8 Å². The topological polar surface area (TPSA) is 144 Å². The van der Waals surface area contributed by atoms with Gasteiger partial charge in [0.2, 0.25) is 0 Å². The molecule has 1 aromatic carbocycles. The van der Waals surface area contributed by atoms with E-state index in [0.717, 1.165) is 24.0 Å². The SMILES string of the molecule is CCNC(=O)c1cc(C(=O)Nc2nn(C)cc2C)c(C)cc1OC(CN1CCN(C(=O)OC(C)(C)C)[C@H](C)C1)c1ncc(C2CC2)cn1. The predicted molar refractivity (Wildman–Crippen MR) is 181 cm³/mol. The lowest BCUT2D eigenvalue weighted by Gasteiger charge is -2.41. The van der Waals surface area contributed by atoms with Gasteiger partial charge in [0.05, 0.1) is 5.56 Å². The number of ether oxygens (including phenoxy) is 2. The normalized spacial score (nSPS) is 17.5. The van der Waals surface area contributed by atoms with E-state index < -0.39 is 11.7 Å². The molecule has 3 amide bonds. The van der Waals surface area contributed by atoms with Crippen molar-refractivity contribution in [3.63, 3.8) is 0 Å². The van der Waals surface area contributed by atoms with Gasteiger partial charge in [-0.3, -0.25) is 19.2 Å². The first-order chi connectivity index (χ1) is 22.7. The van der Waals surface area contributed by atoms with Crippen LogP contribution in [0.15, 0.2) is 30.7 Å². The van der Waals surface area contributed by atoms with E-state index in [1.165, 1.54) is 0 Å². The number of piperazine rings is 1. The average Bonchev–Trinajstić information content (AvgIpc) is 3.80. The van der Waals surface area contributed by atoms with Crippen LogP contribution in [-0.4, -0.2) is 91.8 Å². The number of hydrogen-bond donors (Lipinski definition) is 2. The van der Waals surface area contributed by atoms with Gasteiger partial charge in [-0.1, -0.05) is 0 Å². The van der Waals surface area contributed by atoms with Crippen LogP contribution in [0.4, 0.5) is 10.6 Å². The quantitative estimate of drug-likeness (QED) is 0.314. The van der Waals surface area contributed by atoms with Crippen LogP contribution < -0.4 is 15.4 Å². The van der Waals surface area contributed by atoms with Crippen LogP contribution in [0.3, 0.4) is 0 Å². The Kier molecular flexibility index (Phi) is 10.4. The van der Waals surface area contributed by atoms with Crippen molar-refractivity contribution in [3.05, 3.63) is 64.4 Å². The van der Waals surface area contributed by atoms with Crippen LogP contribution in [0.1, 0.15) is 103 Å². The van der Waals surface area contributed by atoms with E-state index in [-0.39, 0.29) is 29.5 Å². The second-order valence-corrected chi connectivity index (χ2v) is 13.8. The third-order valence-electron chi connectivity index (χ3n) is 8.46. The Balaban J connectivity index is 1.42. The molecule has 1 aliphatic carbocycles. The number of anilines is 1. The highest BCUT2D eigenvalue weighted by molar-refractivity contribution is 6.07. The molecule has 48 heavy (non-hydrogen) atoms. The van der Waals surface area contributed by atoms with Crippen LogP contribution >= 0.6 is 0 Å². The number of carbonyl (C=O) groups is 3. The van der Waals surface area contributed by atoms with Crippen molar-refractivity contribution in [2.45, 2.75) is 85.0 Å². The fourth-order valence-corrected chi connectivity index (χ4v) is 5.85. The van der Waals surface area contributed by atoms with E-state index in [1.54, 1.807) is 28.8 Å². The van der Waals surface area contributed by atoms with Gasteiger partial charge < -0.3 is 25.0 Å². The zero-order chi connectivity index (χ0) is 34.7. The Bertz CT molecular complexity index is 1640. The van der Waals surface area contributed by atoms with E-state index in [1.807, 2.05) is 67.1 Å². The largest absolute Gasteiger partial charge is 0.480 e. The summed E-state index contributed by atoms with van der Waals surface area (Å²) in [6.07, 6.45) is 6.85. The van der Waals surface area contributed by atoms with Gasteiger partial charge in [-0.05, 0) is 90.5 Å². The van der Waals surface area contributed by atoms with E-state index in [9.17, 15) is 14.4 Å². The second-order valence-electron chi connectivity index (χ2n) is 13.8.